The summed E-state index contributed by atoms with van der Waals surface area (Å²) in [6, 6.07) is 8.38. The molecule has 94 valence electrons. The average molecular weight is 297 g/mol. The fraction of sp³-hybridized carbons (Fsp3) is 0.600. The molecule has 0 saturated heterocycles. The van der Waals surface area contributed by atoms with E-state index in [1.807, 2.05) is 12.1 Å². The maximum absolute atomic E-state index is 5.19. The van der Waals surface area contributed by atoms with Gasteiger partial charge < -0.3 is 4.74 Å². The van der Waals surface area contributed by atoms with Crippen LogP contribution in [0, 0.1) is 16.7 Å². The summed E-state index contributed by atoms with van der Waals surface area (Å²) in [5, 5.41) is 0. The second-order valence-corrected chi connectivity index (χ2v) is 7.08. The number of ether oxygens (including phenoxy) is 1. The molecule has 1 saturated carbocycles. The number of halogens is 1. The Morgan fingerprint density at radius 3 is 1.88 bits per heavy atom. The van der Waals surface area contributed by atoms with Gasteiger partial charge in [0.2, 0.25) is 0 Å². The molecule has 1 aliphatic carbocycles. The first-order chi connectivity index (χ1) is 7.82. The Bertz CT molecular complexity index is 391. The fourth-order valence-electron chi connectivity index (χ4n) is 2.96. The van der Waals surface area contributed by atoms with Gasteiger partial charge in [0.1, 0.15) is 5.75 Å². The first-order valence-corrected chi connectivity index (χ1v) is 7.02. The van der Waals surface area contributed by atoms with E-state index in [1.165, 1.54) is 5.56 Å². The minimum absolute atomic E-state index is 0.404. The summed E-state index contributed by atoms with van der Waals surface area (Å²) >= 11 is 3.87. The first kappa shape index (κ1) is 12.9. The molecule has 0 aliphatic heterocycles. The molecule has 1 fully saturated rings. The van der Waals surface area contributed by atoms with Crippen molar-refractivity contribution in [2.45, 2.75) is 32.5 Å². The van der Waals surface area contributed by atoms with Gasteiger partial charge >= 0.3 is 0 Å². The van der Waals surface area contributed by atoms with Gasteiger partial charge in [-0.3, -0.25) is 0 Å². The highest BCUT2D eigenvalue weighted by atomic mass is 79.9. The highest BCUT2D eigenvalue weighted by Gasteiger charge is 2.66. The molecule has 0 heterocycles. The third kappa shape index (κ3) is 1.91. The maximum Gasteiger partial charge on any atom is 0.118 e. The average Bonchev–Trinajstić information content (AvgIpc) is 2.69. The van der Waals surface area contributed by atoms with Crippen molar-refractivity contribution in [3.63, 3.8) is 0 Å². The molecule has 1 atom stereocenters. The van der Waals surface area contributed by atoms with Crippen molar-refractivity contribution in [3.8, 4) is 5.75 Å². The highest BCUT2D eigenvalue weighted by molar-refractivity contribution is 9.09. The molecule has 1 nitrogen and oxygen atoms in total. The standard InChI is InChI=1S/C15H21BrO/c1-14(2)13(15(14,3)4)12(16)10-6-8-11(17-5)9-7-10/h6-9,12-13H,1-5H3. The van der Waals surface area contributed by atoms with Crippen molar-refractivity contribution in [2.24, 2.45) is 16.7 Å². The van der Waals surface area contributed by atoms with E-state index in [9.17, 15) is 0 Å². The van der Waals surface area contributed by atoms with Crippen molar-refractivity contribution in [1.29, 1.82) is 0 Å². The zero-order valence-electron chi connectivity index (χ0n) is 11.3. The molecule has 17 heavy (non-hydrogen) atoms. The predicted molar refractivity (Wildman–Crippen MR) is 75.7 cm³/mol. The summed E-state index contributed by atoms with van der Waals surface area (Å²) in [7, 11) is 1.70. The molecule has 1 aromatic rings. The molecule has 0 aromatic heterocycles. The van der Waals surface area contributed by atoms with Crippen molar-refractivity contribution in [2.75, 3.05) is 7.11 Å². The monoisotopic (exact) mass is 296 g/mol. The molecule has 0 radical (unpaired) electrons. The summed E-state index contributed by atoms with van der Waals surface area (Å²) in [4.78, 5) is 0.429. The Balaban J connectivity index is 2.19. The van der Waals surface area contributed by atoms with Crippen LogP contribution in [-0.4, -0.2) is 7.11 Å². The molecule has 0 spiro atoms. The Hall–Kier alpha value is -0.500. The number of benzene rings is 1. The van der Waals surface area contributed by atoms with Gasteiger partial charge in [-0.2, -0.15) is 0 Å². The van der Waals surface area contributed by atoms with E-state index in [1.54, 1.807) is 7.11 Å². The van der Waals surface area contributed by atoms with Gasteiger partial charge in [0.25, 0.3) is 0 Å². The van der Waals surface area contributed by atoms with Crippen LogP contribution < -0.4 is 4.74 Å². The van der Waals surface area contributed by atoms with Crippen LogP contribution in [0.1, 0.15) is 38.1 Å². The molecular weight excluding hydrogens is 276 g/mol. The minimum atomic E-state index is 0.404. The molecule has 2 rings (SSSR count). The quantitative estimate of drug-likeness (QED) is 0.727. The van der Waals surface area contributed by atoms with Crippen LogP contribution in [0.2, 0.25) is 0 Å². The molecule has 0 bridgehead atoms. The lowest BCUT2D eigenvalue weighted by Gasteiger charge is -2.13. The van der Waals surface area contributed by atoms with Gasteiger partial charge in [-0.25, -0.2) is 0 Å². The molecule has 1 unspecified atom stereocenters. The van der Waals surface area contributed by atoms with Crippen LogP contribution >= 0.6 is 15.9 Å². The summed E-state index contributed by atoms with van der Waals surface area (Å²) in [5.41, 5.74) is 2.15. The van der Waals surface area contributed by atoms with Gasteiger partial charge in [0, 0.05) is 4.83 Å². The lowest BCUT2D eigenvalue weighted by molar-refractivity contribution is 0.414. The van der Waals surface area contributed by atoms with Crippen LogP contribution in [-0.2, 0) is 0 Å². The van der Waals surface area contributed by atoms with Crippen molar-refractivity contribution in [3.05, 3.63) is 29.8 Å². The van der Waals surface area contributed by atoms with E-state index in [0.717, 1.165) is 5.75 Å². The van der Waals surface area contributed by atoms with E-state index < -0.39 is 0 Å². The third-order valence-corrected chi connectivity index (χ3v) is 5.92. The normalized spacial score (nSPS) is 23.2. The summed E-state index contributed by atoms with van der Waals surface area (Å²) < 4.78 is 5.19. The maximum atomic E-state index is 5.19. The largest absolute Gasteiger partial charge is 0.497 e. The Kier molecular flexibility index (Phi) is 3.05. The molecule has 1 aliphatic rings. The lowest BCUT2D eigenvalue weighted by Crippen LogP contribution is -1.99. The highest BCUT2D eigenvalue weighted by Crippen LogP contribution is 2.73. The third-order valence-electron chi connectivity index (χ3n) is 4.86. The molecular formula is C15H21BrO. The van der Waals surface area contributed by atoms with E-state index in [4.69, 9.17) is 4.74 Å². The zero-order chi connectivity index (χ0) is 12.8. The second-order valence-electron chi connectivity index (χ2n) is 6.10. The second kappa shape index (κ2) is 4.01. The van der Waals surface area contributed by atoms with Crippen LogP contribution in [0.3, 0.4) is 0 Å². The van der Waals surface area contributed by atoms with E-state index >= 15 is 0 Å². The van der Waals surface area contributed by atoms with Gasteiger partial charge in [0.05, 0.1) is 7.11 Å². The Labute approximate surface area is 113 Å². The van der Waals surface area contributed by atoms with Gasteiger partial charge in [-0.15, -0.1) is 0 Å². The SMILES string of the molecule is COc1ccc(C(Br)C2C(C)(C)C2(C)C)cc1. The number of methoxy groups -OCH3 is 1. The van der Waals surface area contributed by atoms with Crippen LogP contribution in [0.25, 0.3) is 0 Å². The van der Waals surface area contributed by atoms with Gasteiger partial charge in [0.15, 0.2) is 0 Å². The summed E-state index contributed by atoms with van der Waals surface area (Å²) in [6.07, 6.45) is 0. The van der Waals surface area contributed by atoms with Crippen molar-refractivity contribution < 1.29 is 4.74 Å². The number of rotatable bonds is 3. The van der Waals surface area contributed by atoms with Gasteiger partial charge in [-0.1, -0.05) is 55.8 Å². The zero-order valence-corrected chi connectivity index (χ0v) is 12.8. The number of hydrogen-bond donors (Lipinski definition) is 0. The fourth-order valence-corrected chi connectivity index (χ4v) is 4.59. The minimum Gasteiger partial charge on any atom is -0.497 e. The smallest absolute Gasteiger partial charge is 0.118 e. The summed E-state index contributed by atoms with van der Waals surface area (Å²) in [6.45, 7) is 9.43. The van der Waals surface area contributed by atoms with E-state index in [0.29, 0.717) is 21.6 Å². The van der Waals surface area contributed by atoms with E-state index in [2.05, 4.69) is 55.8 Å². The number of hydrogen-bond acceptors (Lipinski definition) is 1. The lowest BCUT2D eigenvalue weighted by atomic mass is 10.0. The topological polar surface area (TPSA) is 9.23 Å². The van der Waals surface area contributed by atoms with Crippen molar-refractivity contribution in [1.82, 2.24) is 0 Å². The number of alkyl halides is 1. The Morgan fingerprint density at radius 1 is 1.06 bits per heavy atom. The van der Waals surface area contributed by atoms with E-state index in [-0.39, 0.29) is 0 Å². The van der Waals surface area contributed by atoms with Gasteiger partial charge in [-0.05, 0) is 34.4 Å². The molecule has 0 amide bonds. The molecule has 0 N–H and O–H groups in total. The predicted octanol–water partition coefficient (Wildman–Crippen LogP) is 4.81. The molecule has 1 aromatic carbocycles. The Morgan fingerprint density at radius 2 is 1.53 bits per heavy atom. The molecule has 2 heteroatoms. The van der Waals surface area contributed by atoms with Crippen molar-refractivity contribution >= 4 is 15.9 Å². The van der Waals surface area contributed by atoms with Crippen LogP contribution in [0.4, 0.5) is 0 Å². The van der Waals surface area contributed by atoms with Crippen LogP contribution in [0.15, 0.2) is 24.3 Å². The first-order valence-electron chi connectivity index (χ1n) is 6.10. The van der Waals surface area contributed by atoms with Crippen LogP contribution in [0.5, 0.6) is 5.75 Å². The summed E-state index contributed by atoms with van der Waals surface area (Å²) in [5.74, 6) is 1.60.